The second-order valence-corrected chi connectivity index (χ2v) is 7.79. The van der Waals surface area contributed by atoms with Gasteiger partial charge in [-0.3, -0.25) is 4.79 Å². The number of nitrogens with one attached hydrogen (secondary N) is 1. The van der Waals surface area contributed by atoms with E-state index in [4.69, 9.17) is 0 Å². The van der Waals surface area contributed by atoms with Crippen LogP contribution in [0.15, 0.2) is 89.5 Å². The molecular weight excluding hydrogens is 471 g/mol. The minimum atomic E-state index is -4.61. The van der Waals surface area contributed by atoms with Gasteiger partial charge in [0.05, 0.1) is 17.7 Å². The van der Waals surface area contributed by atoms with Crippen molar-refractivity contribution in [1.82, 2.24) is 14.9 Å². The van der Waals surface area contributed by atoms with Crippen molar-refractivity contribution < 1.29 is 24.0 Å². The Hall–Kier alpha value is -4.15. The average Bonchev–Trinajstić information content (AvgIpc) is 3.24. The van der Waals surface area contributed by atoms with E-state index in [1.165, 1.54) is 36.8 Å². The summed E-state index contributed by atoms with van der Waals surface area (Å²) in [4.78, 5) is 22.2. The molecule has 0 bridgehead atoms. The lowest BCUT2D eigenvalue weighted by atomic mass is 10.0. The summed E-state index contributed by atoms with van der Waals surface area (Å²) >= 11 is 0. The first-order chi connectivity index (χ1) is 17.1. The number of amidine groups is 1. The van der Waals surface area contributed by atoms with Crippen molar-refractivity contribution in [3.8, 4) is 0 Å². The number of nitrogens with zero attached hydrogens (tertiary/aromatic N) is 6. The zero-order chi connectivity index (χ0) is 26.3. The van der Waals surface area contributed by atoms with Gasteiger partial charge in [-0.05, 0) is 35.0 Å². The minimum Gasteiger partial charge on any atom is -0.374 e. The van der Waals surface area contributed by atoms with Gasteiger partial charge in [0.1, 0.15) is 18.6 Å². The summed E-state index contributed by atoms with van der Waals surface area (Å²) in [7, 11) is 3.25. The maximum absolute atomic E-state index is 13.2. The molecule has 36 heavy (non-hydrogen) atoms. The number of alkyl halides is 3. The lowest BCUT2D eigenvalue weighted by Crippen LogP contribution is -2.30. The van der Waals surface area contributed by atoms with Crippen LogP contribution in [0, 0.1) is 12.6 Å². The number of benzene rings is 1. The van der Waals surface area contributed by atoms with E-state index in [0.717, 1.165) is 0 Å². The monoisotopic (exact) mass is 498 g/mol. The van der Waals surface area contributed by atoms with E-state index in [-0.39, 0.29) is 13.5 Å². The van der Waals surface area contributed by atoms with E-state index < -0.39 is 17.7 Å². The van der Waals surface area contributed by atoms with E-state index in [2.05, 4.69) is 38.7 Å². The van der Waals surface area contributed by atoms with Gasteiger partial charge in [0.2, 0.25) is 0 Å². The van der Waals surface area contributed by atoms with Gasteiger partial charge in [-0.1, -0.05) is 24.8 Å². The zero-order valence-electron chi connectivity index (χ0n) is 19.8. The molecule has 1 N–H and O–H groups in total. The molecule has 0 spiro atoms. The lowest BCUT2D eigenvalue weighted by Gasteiger charge is -2.22. The third kappa shape index (κ3) is 6.49. The second kappa shape index (κ2) is 11.5. The Bertz CT molecular complexity index is 1230. The first kappa shape index (κ1) is 26.5. The molecule has 0 fully saturated rings. The molecule has 1 amide bonds. The number of hydrogen-bond acceptors (Lipinski definition) is 6. The van der Waals surface area contributed by atoms with Gasteiger partial charge < -0.3 is 10.2 Å². The molecule has 0 atom stereocenters. The quantitative estimate of drug-likeness (QED) is 0.381. The lowest BCUT2D eigenvalue weighted by molar-refractivity contribution is -0.472. The largest absolute Gasteiger partial charge is 0.416 e. The zero-order valence-corrected chi connectivity index (χ0v) is 19.8. The summed E-state index contributed by atoms with van der Waals surface area (Å²) in [5.41, 5.74) is 0.437. The van der Waals surface area contributed by atoms with Crippen molar-refractivity contribution in [1.29, 1.82) is 0 Å². The van der Waals surface area contributed by atoms with Crippen LogP contribution in [-0.4, -0.2) is 64.5 Å². The average molecular weight is 499 g/mol. The van der Waals surface area contributed by atoms with Crippen LogP contribution in [0.25, 0.3) is 0 Å². The number of amides is 1. The summed E-state index contributed by atoms with van der Waals surface area (Å²) < 4.78 is 41.4. The van der Waals surface area contributed by atoms with E-state index in [0.29, 0.717) is 35.5 Å². The van der Waals surface area contributed by atoms with Gasteiger partial charge in [-0.2, -0.15) is 13.2 Å². The minimum absolute atomic E-state index is 0. The summed E-state index contributed by atoms with van der Waals surface area (Å²) in [6, 6.07) is 8.40. The van der Waals surface area contributed by atoms with Gasteiger partial charge in [0.15, 0.2) is 0 Å². The maximum Gasteiger partial charge on any atom is 0.416 e. The van der Waals surface area contributed by atoms with Crippen LogP contribution < -0.4 is 5.32 Å². The highest BCUT2D eigenvalue weighted by atomic mass is 19.4. The first-order valence-electron chi connectivity index (χ1n) is 10.8. The number of anilines is 1. The summed E-state index contributed by atoms with van der Waals surface area (Å²) in [6.07, 6.45) is 2.99. The van der Waals surface area contributed by atoms with Crippen molar-refractivity contribution in [2.75, 3.05) is 32.5 Å². The van der Waals surface area contributed by atoms with Gasteiger partial charge in [-0.25, -0.2) is 14.5 Å². The Labute approximate surface area is 208 Å². The molecule has 0 aliphatic carbocycles. The molecule has 1 aliphatic rings. The topological polar surface area (TPSA) is 85.9 Å². The molecular formula is C25H27F3N7O+. The maximum atomic E-state index is 13.2. The molecule has 2 radical (unpaired) electrons. The van der Waals surface area contributed by atoms with Crippen LogP contribution >= 0.6 is 0 Å². The fraction of sp³-hybridized carbons (Fsp3) is 0.200. The molecule has 11 heteroatoms. The molecule has 1 aromatic carbocycles. The van der Waals surface area contributed by atoms with Gasteiger partial charge in [0.25, 0.3) is 5.91 Å². The van der Waals surface area contributed by atoms with E-state index >= 15 is 0 Å². The van der Waals surface area contributed by atoms with Crippen molar-refractivity contribution in [3.63, 3.8) is 0 Å². The fourth-order valence-electron chi connectivity index (χ4n) is 3.27. The SMILES string of the molecule is C=C[CH]/C=C(/CN(C)C(=O)c1cccc(NCC2=[N+](C)[C](c3ccncn3)N=N2)c1)C(=C)C(F)(F)F.[HH]. The molecule has 188 valence electrons. The third-order valence-corrected chi connectivity index (χ3v) is 5.25. The number of carbonyl (C=O) groups excluding carboxylic acids is 1. The molecule has 2 heterocycles. The number of rotatable bonds is 10. The standard InChI is InChI=1S/C25H25F3N7O.H2/c1-5-6-8-19(17(2)25(26,27)28)15-34(3)24(36)18-9-7-10-20(13-18)30-14-22-32-33-23(35(22)4)21-11-12-29-16-31-21;/h5-13,16,30H,1-2,14-15H2,3-4H3;1H/q+1;/b19-8-;. The Morgan fingerprint density at radius 3 is 2.72 bits per heavy atom. The normalized spacial score (nSPS) is 14.2. The Kier molecular flexibility index (Phi) is 8.46. The number of halogens is 3. The van der Waals surface area contributed by atoms with Crippen molar-refractivity contribution in [3.05, 3.63) is 103 Å². The smallest absolute Gasteiger partial charge is 0.374 e. The van der Waals surface area contributed by atoms with E-state index in [9.17, 15) is 18.0 Å². The van der Waals surface area contributed by atoms with Crippen molar-refractivity contribution in [2.24, 2.45) is 10.2 Å². The highest BCUT2D eigenvalue weighted by Gasteiger charge is 2.35. The predicted molar refractivity (Wildman–Crippen MR) is 132 cm³/mol. The molecule has 0 saturated carbocycles. The second-order valence-electron chi connectivity index (χ2n) is 7.79. The van der Waals surface area contributed by atoms with Crippen LogP contribution in [-0.2, 0) is 0 Å². The molecule has 0 unspecified atom stereocenters. The Morgan fingerprint density at radius 1 is 1.28 bits per heavy atom. The highest BCUT2D eigenvalue weighted by molar-refractivity contribution is 5.95. The van der Waals surface area contributed by atoms with Crippen molar-refractivity contribution >= 4 is 17.4 Å². The van der Waals surface area contributed by atoms with Crippen LogP contribution in [0.4, 0.5) is 18.9 Å². The number of aromatic nitrogens is 2. The highest BCUT2D eigenvalue weighted by Crippen LogP contribution is 2.30. The molecule has 3 rings (SSSR count). The van der Waals surface area contributed by atoms with E-state index in [1.807, 2.05) is 7.05 Å². The summed E-state index contributed by atoms with van der Waals surface area (Å²) in [6.45, 7) is 6.66. The number of likely N-dealkylation sites (N-methyl/N-ethyl adjacent to an activating group) is 1. The molecule has 1 aromatic heterocycles. The Morgan fingerprint density at radius 2 is 2.06 bits per heavy atom. The molecule has 2 aromatic rings. The van der Waals surface area contributed by atoms with Crippen LogP contribution in [0.1, 0.15) is 17.5 Å². The van der Waals surface area contributed by atoms with Crippen LogP contribution in [0.5, 0.6) is 0 Å². The van der Waals surface area contributed by atoms with Crippen LogP contribution in [0.2, 0.25) is 0 Å². The molecule has 0 saturated heterocycles. The number of azo groups is 1. The Balaban J connectivity index is 0.00000481. The predicted octanol–water partition coefficient (Wildman–Crippen LogP) is 4.69. The van der Waals surface area contributed by atoms with Gasteiger partial charge in [-0.15, -0.1) is 6.58 Å². The first-order valence-corrected chi connectivity index (χ1v) is 10.8. The van der Waals surface area contributed by atoms with E-state index in [1.54, 1.807) is 41.1 Å². The van der Waals surface area contributed by atoms with Crippen molar-refractivity contribution in [2.45, 2.75) is 6.18 Å². The van der Waals surface area contributed by atoms with Gasteiger partial charge in [0, 0.05) is 38.9 Å². The summed E-state index contributed by atoms with van der Waals surface area (Å²) in [5.74, 6) is 0.194. The van der Waals surface area contributed by atoms with Crippen LogP contribution in [0.3, 0.4) is 0 Å². The number of carbonyl (C=O) groups is 1. The number of allylic oxidation sites excluding steroid dienone is 2. The fourth-order valence-corrected chi connectivity index (χ4v) is 3.27. The van der Waals surface area contributed by atoms with Gasteiger partial charge >= 0.3 is 18.2 Å². The molecule has 1 aliphatic heterocycles. The summed E-state index contributed by atoms with van der Waals surface area (Å²) in [5, 5.41) is 11.5. The number of hydrogen-bond donors (Lipinski definition) is 1. The third-order valence-electron chi connectivity index (χ3n) is 5.25. The molecule has 8 nitrogen and oxygen atoms in total.